The molecule has 0 aliphatic heterocycles. The number of carbonyl (C=O) groups is 2. The van der Waals surface area contributed by atoms with Gasteiger partial charge in [-0.2, -0.15) is 0 Å². The van der Waals surface area contributed by atoms with Crippen LogP contribution in [0.15, 0.2) is 24.3 Å². The van der Waals surface area contributed by atoms with Crippen LogP contribution in [0.25, 0.3) is 5.57 Å². The molecule has 0 spiro atoms. The number of anilines is 1. The molecule has 0 aromatic heterocycles. The van der Waals surface area contributed by atoms with Gasteiger partial charge in [0.1, 0.15) is 11.4 Å². The second kappa shape index (κ2) is 8.95. The number of nitrogens with zero attached hydrogens (tertiary/aromatic N) is 1. The number of allylic oxidation sites excluding steroid dienone is 1. The molecule has 1 aromatic rings. The summed E-state index contributed by atoms with van der Waals surface area (Å²) in [7, 11) is 0. The average molecular weight is 382 g/mol. The first-order valence-electron chi connectivity index (χ1n) is 7.99. The van der Waals surface area contributed by atoms with Crippen molar-refractivity contribution in [1.82, 2.24) is 4.90 Å². The van der Waals surface area contributed by atoms with Crippen LogP contribution in [-0.4, -0.2) is 45.1 Å². The van der Waals surface area contributed by atoms with Gasteiger partial charge in [0.25, 0.3) is 0 Å². The molecule has 0 aliphatic carbocycles. The van der Waals surface area contributed by atoms with Crippen LogP contribution in [-0.2, 0) is 21.7 Å². The average Bonchev–Trinajstić information content (AvgIpc) is 2.44. The van der Waals surface area contributed by atoms with E-state index in [1.807, 2.05) is 0 Å². The molecule has 3 N–H and O–H groups in total. The summed E-state index contributed by atoms with van der Waals surface area (Å²) in [4.78, 5) is 24.0. The Kier molecular flexibility index (Phi) is 7.53. The Morgan fingerprint density at radius 2 is 2.00 bits per heavy atom. The van der Waals surface area contributed by atoms with E-state index in [1.165, 1.54) is 0 Å². The Labute approximate surface area is 157 Å². The lowest BCUT2D eigenvalue weighted by Crippen LogP contribution is -2.40. The molecule has 7 nitrogen and oxygen atoms in total. The van der Waals surface area contributed by atoms with Gasteiger partial charge in [0.05, 0.1) is 12.8 Å². The molecule has 8 heteroatoms. The summed E-state index contributed by atoms with van der Waals surface area (Å²) in [6, 6.07) is 5.26. The number of rotatable bonds is 5. The summed E-state index contributed by atoms with van der Waals surface area (Å²) < 4.78 is 16.7. The van der Waals surface area contributed by atoms with Gasteiger partial charge in [0, 0.05) is 11.3 Å². The SMILES string of the molecule is C/C(=C\CN(C(=O)O)C(=O)OC(C)(C)C)c1ccc(N)cc1C[S+](C)[O-]. The van der Waals surface area contributed by atoms with E-state index in [-0.39, 0.29) is 6.54 Å². The first-order valence-corrected chi connectivity index (χ1v) is 9.72. The van der Waals surface area contributed by atoms with Gasteiger partial charge < -0.3 is 20.1 Å². The molecule has 0 bridgehead atoms. The molecule has 2 amide bonds. The van der Waals surface area contributed by atoms with E-state index in [2.05, 4.69) is 0 Å². The summed E-state index contributed by atoms with van der Waals surface area (Å²) in [5.74, 6) is 0.334. The van der Waals surface area contributed by atoms with E-state index >= 15 is 0 Å². The molecular formula is C18H26N2O5S. The molecule has 0 heterocycles. The van der Waals surface area contributed by atoms with Crippen molar-refractivity contribution in [2.75, 3.05) is 18.5 Å². The highest BCUT2D eigenvalue weighted by Crippen LogP contribution is 2.23. The number of ether oxygens (including phenoxy) is 1. The quantitative estimate of drug-likeness (QED) is 0.595. The van der Waals surface area contributed by atoms with Gasteiger partial charge in [-0.3, -0.25) is 0 Å². The second-order valence-electron chi connectivity index (χ2n) is 6.89. The van der Waals surface area contributed by atoms with E-state index < -0.39 is 29.0 Å². The number of hydrogen-bond acceptors (Lipinski definition) is 5. The van der Waals surface area contributed by atoms with Crippen molar-refractivity contribution in [3.05, 3.63) is 35.4 Å². The van der Waals surface area contributed by atoms with Crippen molar-refractivity contribution >= 4 is 34.6 Å². The van der Waals surface area contributed by atoms with E-state index in [9.17, 15) is 19.2 Å². The molecule has 144 valence electrons. The fraction of sp³-hybridized carbons (Fsp3) is 0.444. The summed E-state index contributed by atoms with van der Waals surface area (Å²) in [5.41, 5.74) is 7.93. The van der Waals surface area contributed by atoms with Crippen LogP contribution in [0.3, 0.4) is 0 Å². The molecule has 0 saturated heterocycles. The third kappa shape index (κ3) is 6.97. The van der Waals surface area contributed by atoms with Crippen LogP contribution in [0.2, 0.25) is 0 Å². The predicted molar refractivity (Wildman–Crippen MR) is 103 cm³/mol. The molecule has 1 aromatic carbocycles. The lowest BCUT2D eigenvalue weighted by atomic mass is 10.0. The Bertz CT molecular complexity index is 695. The van der Waals surface area contributed by atoms with Crippen molar-refractivity contribution in [1.29, 1.82) is 0 Å². The molecule has 0 fully saturated rings. The first kappa shape index (κ1) is 21.9. The monoisotopic (exact) mass is 382 g/mol. The van der Waals surface area contributed by atoms with Crippen LogP contribution >= 0.6 is 0 Å². The molecule has 0 aliphatic rings. The number of carbonyl (C=O) groups excluding carboxylic acids is 1. The Morgan fingerprint density at radius 1 is 1.38 bits per heavy atom. The number of hydrogen-bond donors (Lipinski definition) is 2. The number of carboxylic acid groups (broad SMARTS) is 1. The van der Waals surface area contributed by atoms with Crippen LogP contribution in [0.5, 0.6) is 0 Å². The minimum absolute atomic E-state index is 0.158. The third-order valence-electron chi connectivity index (χ3n) is 3.34. The van der Waals surface area contributed by atoms with Crippen molar-refractivity contribution in [3.63, 3.8) is 0 Å². The summed E-state index contributed by atoms with van der Waals surface area (Å²) in [5, 5.41) is 9.27. The van der Waals surface area contributed by atoms with Crippen LogP contribution in [0, 0.1) is 0 Å². The minimum Gasteiger partial charge on any atom is -0.616 e. The second-order valence-corrected chi connectivity index (χ2v) is 8.33. The highest BCUT2D eigenvalue weighted by atomic mass is 32.2. The fourth-order valence-corrected chi connectivity index (χ4v) is 2.90. The Hall–Kier alpha value is -2.19. The normalized spacial score (nSPS) is 13.2. The topological polar surface area (TPSA) is 116 Å². The Morgan fingerprint density at radius 3 is 2.50 bits per heavy atom. The lowest BCUT2D eigenvalue weighted by molar-refractivity contribution is 0.0290. The lowest BCUT2D eigenvalue weighted by Gasteiger charge is -2.23. The third-order valence-corrected chi connectivity index (χ3v) is 4.06. The highest BCUT2D eigenvalue weighted by Gasteiger charge is 2.26. The van der Waals surface area contributed by atoms with Gasteiger partial charge in [-0.25, -0.2) is 14.5 Å². The van der Waals surface area contributed by atoms with Gasteiger partial charge in [0.15, 0.2) is 0 Å². The van der Waals surface area contributed by atoms with Gasteiger partial charge in [-0.15, -0.1) is 0 Å². The van der Waals surface area contributed by atoms with Crippen molar-refractivity contribution in [2.45, 2.75) is 39.0 Å². The van der Waals surface area contributed by atoms with E-state index in [4.69, 9.17) is 10.5 Å². The van der Waals surface area contributed by atoms with Crippen molar-refractivity contribution in [2.24, 2.45) is 0 Å². The first-order chi connectivity index (χ1) is 11.9. The smallest absolute Gasteiger partial charge is 0.420 e. The maximum atomic E-state index is 12.0. The molecule has 1 atom stereocenters. The fourth-order valence-electron chi connectivity index (χ4n) is 2.22. The zero-order valence-electron chi connectivity index (χ0n) is 15.7. The van der Waals surface area contributed by atoms with E-state index in [0.29, 0.717) is 16.3 Å². The summed E-state index contributed by atoms with van der Waals surface area (Å²) in [6.45, 7) is 6.63. The number of imide groups is 1. The number of nitrogens with two attached hydrogens (primary N) is 1. The van der Waals surface area contributed by atoms with Crippen LogP contribution in [0.4, 0.5) is 15.3 Å². The highest BCUT2D eigenvalue weighted by molar-refractivity contribution is 7.89. The maximum Gasteiger partial charge on any atom is 0.420 e. The summed E-state index contributed by atoms with van der Waals surface area (Å²) in [6.07, 6.45) is 0.892. The summed E-state index contributed by atoms with van der Waals surface area (Å²) >= 11 is -1.05. The maximum absolute atomic E-state index is 12.0. The Balaban J connectivity index is 3.05. The molecule has 0 radical (unpaired) electrons. The standard InChI is InChI=1S/C18H26N2O5S/c1-12(15-7-6-14(19)10-13(15)11-26(5)24)8-9-20(16(21)22)17(23)25-18(2,3)4/h6-8,10H,9,11,19H2,1-5H3,(H,21,22)/b12-8+. The predicted octanol–water partition coefficient (Wildman–Crippen LogP) is 3.47. The number of nitrogen functional groups attached to an aromatic ring is 1. The zero-order chi connectivity index (χ0) is 20.1. The number of benzene rings is 1. The molecule has 0 saturated carbocycles. The van der Waals surface area contributed by atoms with Gasteiger partial charge in [-0.1, -0.05) is 23.3 Å². The van der Waals surface area contributed by atoms with Crippen LogP contribution < -0.4 is 5.73 Å². The molecule has 1 unspecified atom stereocenters. The van der Waals surface area contributed by atoms with Gasteiger partial charge >= 0.3 is 12.2 Å². The molecule has 1 rings (SSSR count). The molecule has 26 heavy (non-hydrogen) atoms. The largest absolute Gasteiger partial charge is 0.616 e. The van der Waals surface area contributed by atoms with E-state index in [1.54, 1.807) is 58.2 Å². The minimum atomic E-state index is -1.39. The van der Waals surface area contributed by atoms with Gasteiger partial charge in [-0.05, 0) is 51.0 Å². The van der Waals surface area contributed by atoms with Crippen LogP contribution in [0.1, 0.15) is 38.8 Å². The zero-order valence-corrected chi connectivity index (χ0v) is 16.6. The van der Waals surface area contributed by atoms with E-state index in [0.717, 1.165) is 16.7 Å². The van der Waals surface area contributed by atoms with Gasteiger partial charge in [0.2, 0.25) is 0 Å². The number of amides is 2. The van der Waals surface area contributed by atoms with Crippen molar-refractivity contribution < 1.29 is 24.0 Å². The molecular weight excluding hydrogens is 356 g/mol. The van der Waals surface area contributed by atoms with Crippen molar-refractivity contribution in [3.8, 4) is 0 Å².